The molecule has 0 saturated carbocycles. The maximum absolute atomic E-state index is 11.8. The average molecular weight is 223 g/mol. The number of carbonyl (C=O) groups excluding carboxylic acids is 1. The third-order valence-corrected chi connectivity index (χ3v) is 2.46. The van der Waals surface area contributed by atoms with E-state index in [4.69, 9.17) is 0 Å². The lowest BCUT2D eigenvalue weighted by Crippen LogP contribution is -2.28. The molecule has 0 spiro atoms. The van der Waals surface area contributed by atoms with Gasteiger partial charge in [0.2, 0.25) is 5.91 Å². The van der Waals surface area contributed by atoms with Gasteiger partial charge in [-0.25, -0.2) is 0 Å². The zero-order chi connectivity index (χ0) is 11.5. The second-order valence-electron chi connectivity index (χ2n) is 4.52. The van der Waals surface area contributed by atoms with Crippen LogP contribution in [0.5, 0.6) is 0 Å². The lowest BCUT2D eigenvalue weighted by atomic mass is 9.95. The highest BCUT2D eigenvalue weighted by atomic mass is 32.1. The van der Waals surface area contributed by atoms with Crippen molar-refractivity contribution in [3.63, 3.8) is 0 Å². The van der Waals surface area contributed by atoms with E-state index in [-0.39, 0.29) is 11.3 Å². The predicted octanol–water partition coefficient (Wildman–Crippen LogP) is 3.10. The molecule has 0 aromatic heterocycles. The molecule has 0 bridgehead atoms. The van der Waals surface area contributed by atoms with E-state index in [0.717, 1.165) is 11.3 Å². The van der Waals surface area contributed by atoms with E-state index in [1.165, 1.54) is 0 Å². The zero-order valence-corrected chi connectivity index (χ0v) is 10.3. The molecule has 0 heterocycles. The Labute approximate surface area is 96.5 Å². The molecule has 0 fully saturated rings. The maximum atomic E-state index is 11.8. The minimum atomic E-state index is -0.371. The van der Waals surface area contributed by atoms with Crippen LogP contribution in [-0.4, -0.2) is 5.91 Å². The molecule has 15 heavy (non-hydrogen) atoms. The van der Waals surface area contributed by atoms with Gasteiger partial charge in [-0.3, -0.25) is 4.79 Å². The summed E-state index contributed by atoms with van der Waals surface area (Å²) in [5, 5.41) is 2.91. The van der Waals surface area contributed by atoms with Crippen molar-refractivity contribution in [1.82, 2.24) is 0 Å². The van der Waals surface area contributed by atoms with E-state index in [0.29, 0.717) is 5.75 Å². The Balaban J connectivity index is 2.85. The maximum Gasteiger partial charge on any atom is 0.229 e. The minimum Gasteiger partial charge on any atom is -0.325 e. The fourth-order valence-electron chi connectivity index (χ4n) is 1.09. The predicted molar refractivity (Wildman–Crippen MR) is 67.2 cm³/mol. The van der Waals surface area contributed by atoms with Gasteiger partial charge in [-0.05, 0) is 11.6 Å². The van der Waals surface area contributed by atoms with Crippen molar-refractivity contribution in [3.05, 3.63) is 29.8 Å². The third kappa shape index (κ3) is 3.27. The number of amides is 1. The molecule has 0 radical (unpaired) electrons. The first-order valence-electron chi connectivity index (χ1n) is 4.95. The SMILES string of the molecule is CC(C)(C)C(=O)Nc1ccccc1CS. The Hall–Kier alpha value is -0.960. The van der Waals surface area contributed by atoms with Crippen LogP contribution in [0.4, 0.5) is 5.69 Å². The van der Waals surface area contributed by atoms with Crippen LogP contribution in [0.25, 0.3) is 0 Å². The highest BCUT2D eigenvalue weighted by molar-refractivity contribution is 7.79. The number of rotatable bonds is 2. The number of para-hydroxylation sites is 1. The molecule has 3 heteroatoms. The normalized spacial score (nSPS) is 11.2. The lowest BCUT2D eigenvalue weighted by Gasteiger charge is -2.18. The van der Waals surface area contributed by atoms with Gasteiger partial charge in [-0.15, -0.1) is 0 Å². The van der Waals surface area contributed by atoms with Gasteiger partial charge in [0.15, 0.2) is 0 Å². The molecule has 0 aliphatic carbocycles. The average Bonchev–Trinajstić information content (AvgIpc) is 2.17. The largest absolute Gasteiger partial charge is 0.325 e. The standard InChI is InChI=1S/C12H17NOS/c1-12(2,3)11(14)13-10-7-5-4-6-9(10)8-15/h4-7,15H,8H2,1-3H3,(H,13,14). The summed E-state index contributed by atoms with van der Waals surface area (Å²) in [5.41, 5.74) is 1.52. The Morgan fingerprint density at radius 3 is 2.47 bits per heavy atom. The number of nitrogens with one attached hydrogen (secondary N) is 1. The molecule has 0 aliphatic heterocycles. The fourth-order valence-corrected chi connectivity index (χ4v) is 1.37. The Morgan fingerprint density at radius 2 is 1.93 bits per heavy atom. The van der Waals surface area contributed by atoms with Crippen LogP contribution >= 0.6 is 12.6 Å². The minimum absolute atomic E-state index is 0.0248. The van der Waals surface area contributed by atoms with E-state index in [1.807, 2.05) is 45.0 Å². The van der Waals surface area contributed by atoms with Gasteiger partial charge in [-0.1, -0.05) is 39.0 Å². The summed E-state index contributed by atoms with van der Waals surface area (Å²) in [4.78, 5) is 11.8. The van der Waals surface area contributed by atoms with Crippen LogP contribution in [0.15, 0.2) is 24.3 Å². The first kappa shape index (κ1) is 12.1. The Morgan fingerprint density at radius 1 is 1.33 bits per heavy atom. The number of carbonyl (C=O) groups is 1. The fraction of sp³-hybridized carbons (Fsp3) is 0.417. The van der Waals surface area contributed by atoms with Gasteiger partial charge >= 0.3 is 0 Å². The molecule has 82 valence electrons. The van der Waals surface area contributed by atoms with Gasteiger partial charge in [-0.2, -0.15) is 12.6 Å². The van der Waals surface area contributed by atoms with Crippen molar-refractivity contribution < 1.29 is 4.79 Å². The van der Waals surface area contributed by atoms with E-state index in [2.05, 4.69) is 17.9 Å². The van der Waals surface area contributed by atoms with E-state index in [1.54, 1.807) is 0 Å². The topological polar surface area (TPSA) is 29.1 Å². The molecular weight excluding hydrogens is 206 g/mol. The Kier molecular flexibility index (Phi) is 3.80. The van der Waals surface area contributed by atoms with Gasteiger partial charge < -0.3 is 5.32 Å². The van der Waals surface area contributed by atoms with Crippen molar-refractivity contribution in [1.29, 1.82) is 0 Å². The monoisotopic (exact) mass is 223 g/mol. The molecule has 0 aliphatic rings. The van der Waals surface area contributed by atoms with E-state index >= 15 is 0 Å². The summed E-state index contributed by atoms with van der Waals surface area (Å²) in [6, 6.07) is 7.71. The van der Waals surface area contributed by atoms with Gasteiger partial charge in [0, 0.05) is 16.9 Å². The number of thiol groups is 1. The van der Waals surface area contributed by atoms with Gasteiger partial charge in [0.25, 0.3) is 0 Å². The first-order chi connectivity index (χ1) is 6.95. The third-order valence-electron chi connectivity index (χ3n) is 2.12. The molecular formula is C12H17NOS. The van der Waals surface area contributed by atoms with Crippen LogP contribution in [-0.2, 0) is 10.5 Å². The highest BCUT2D eigenvalue weighted by Gasteiger charge is 2.21. The van der Waals surface area contributed by atoms with Crippen molar-refractivity contribution in [2.75, 3.05) is 5.32 Å². The second-order valence-corrected chi connectivity index (χ2v) is 4.84. The van der Waals surface area contributed by atoms with Crippen molar-refractivity contribution in [2.24, 2.45) is 5.41 Å². The van der Waals surface area contributed by atoms with Crippen LogP contribution < -0.4 is 5.32 Å². The molecule has 1 amide bonds. The van der Waals surface area contributed by atoms with Crippen LogP contribution in [0, 0.1) is 5.41 Å². The molecule has 0 atom stereocenters. The molecule has 2 nitrogen and oxygen atoms in total. The first-order valence-corrected chi connectivity index (χ1v) is 5.58. The van der Waals surface area contributed by atoms with Crippen molar-refractivity contribution >= 4 is 24.2 Å². The van der Waals surface area contributed by atoms with Crippen LogP contribution in [0.1, 0.15) is 26.3 Å². The molecule has 0 unspecified atom stereocenters. The lowest BCUT2D eigenvalue weighted by molar-refractivity contribution is -0.123. The number of benzene rings is 1. The van der Waals surface area contributed by atoms with Gasteiger partial charge in [0.1, 0.15) is 0 Å². The van der Waals surface area contributed by atoms with Crippen molar-refractivity contribution in [2.45, 2.75) is 26.5 Å². The van der Waals surface area contributed by atoms with E-state index < -0.39 is 0 Å². The quantitative estimate of drug-likeness (QED) is 0.741. The number of hydrogen-bond donors (Lipinski definition) is 2. The smallest absolute Gasteiger partial charge is 0.229 e. The molecule has 1 aromatic carbocycles. The Bertz CT molecular complexity index is 355. The van der Waals surface area contributed by atoms with Crippen molar-refractivity contribution in [3.8, 4) is 0 Å². The summed E-state index contributed by atoms with van der Waals surface area (Å²) in [6.45, 7) is 5.68. The summed E-state index contributed by atoms with van der Waals surface area (Å²) in [5.74, 6) is 0.650. The molecule has 1 aromatic rings. The highest BCUT2D eigenvalue weighted by Crippen LogP contribution is 2.21. The summed E-state index contributed by atoms with van der Waals surface area (Å²) < 4.78 is 0. The number of anilines is 1. The molecule has 1 rings (SSSR count). The second kappa shape index (κ2) is 4.71. The molecule has 1 N–H and O–H groups in total. The van der Waals surface area contributed by atoms with E-state index in [9.17, 15) is 4.79 Å². The van der Waals surface area contributed by atoms with Gasteiger partial charge in [0.05, 0.1) is 0 Å². The summed E-state index contributed by atoms with van der Waals surface area (Å²) in [7, 11) is 0. The molecule has 0 saturated heterocycles. The summed E-state index contributed by atoms with van der Waals surface area (Å²) >= 11 is 4.22. The number of hydrogen-bond acceptors (Lipinski definition) is 2. The van der Waals surface area contributed by atoms with Crippen LogP contribution in [0.2, 0.25) is 0 Å². The zero-order valence-electron chi connectivity index (χ0n) is 9.37. The van der Waals surface area contributed by atoms with Crippen LogP contribution in [0.3, 0.4) is 0 Å². The summed E-state index contributed by atoms with van der Waals surface area (Å²) in [6.07, 6.45) is 0.